The van der Waals surface area contributed by atoms with Crippen molar-refractivity contribution >= 4 is 5.69 Å². The van der Waals surface area contributed by atoms with Crippen molar-refractivity contribution in [1.82, 2.24) is 14.5 Å². The molecular weight excluding hydrogens is 264 g/mol. The molecule has 104 valence electrons. The molecule has 0 saturated heterocycles. The van der Waals surface area contributed by atoms with E-state index in [1.807, 2.05) is 0 Å². The van der Waals surface area contributed by atoms with Gasteiger partial charge < -0.3 is 0 Å². The van der Waals surface area contributed by atoms with Gasteiger partial charge in [0, 0.05) is 24.0 Å². The third kappa shape index (κ3) is 2.48. The maximum absolute atomic E-state index is 11.6. The van der Waals surface area contributed by atoms with E-state index < -0.39 is 16.2 Å². The first-order chi connectivity index (χ1) is 9.40. The van der Waals surface area contributed by atoms with Crippen LogP contribution < -0.4 is 11.2 Å². The lowest BCUT2D eigenvalue weighted by Crippen LogP contribution is -2.29. The fourth-order valence-corrected chi connectivity index (χ4v) is 1.94. The number of aromatic amines is 1. The molecule has 0 saturated carbocycles. The summed E-state index contributed by atoms with van der Waals surface area (Å²) in [6.45, 7) is 3.25. The number of pyridine rings is 1. The van der Waals surface area contributed by atoms with Crippen molar-refractivity contribution in [3.05, 3.63) is 66.2 Å². The van der Waals surface area contributed by atoms with Crippen molar-refractivity contribution in [3.8, 4) is 0 Å². The fourth-order valence-electron chi connectivity index (χ4n) is 1.94. The minimum atomic E-state index is -0.582. The second kappa shape index (κ2) is 5.08. The Morgan fingerprint density at radius 3 is 2.70 bits per heavy atom. The maximum atomic E-state index is 11.6. The van der Waals surface area contributed by atoms with Gasteiger partial charge in [-0.15, -0.1) is 0 Å². The van der Waals surface area contributed by atoms with Gasteiger partial charge in [0.25, 0.3) is 11.2 Å². The van der Waals surface area contributed by atoms with Crippen LogP contribution in [0.3, 0.4) is 0 Å². The van der Waals surface area contributed by atoms with Crippen molar-refractivity contribution in [1.29, 1.82) is 0 Å². The number of hydrogen-bond donors (Lipinski definition) is 1. The average Bonchev–Trinajstić information content (AvgIpc) is 2.35. The lowest BCUT2D eigenvalue weighted by molar-refractivity contribution is -0.386. The van der Waals surface area contributed by atoms with Gasteiger partial charge in [-0.1, -0.05) is 0 Å². The van der Waals surface area contributed by atoms with Crippen LogP contribution in [0.2, 0.25) is 0 Å². The van der Waals surface area contributed by atoms with Gasteiger partial charge in [0.2, 0.25) is 0 Å². The van der Waals surface area contributed by atoms with E-state index in [1.54, 1.807) is 13.8 Å². The van der Waals surface area contributed by atoms with Gasteiger partial charge in [-0.3, -0.25) is 29.4 Å². The molecule has 8 heteroatoms. The van der Waals surface area contributed by atoms with Gasteiger partial charge >= 0.3 is 5.69 Å². The van der Waals surface area contributed by atoms with Crippen LogP contribution in [0.4, 0.5) is 5.69 Å². The van der Waals surface area contributed by atoms with Crippen molar-refractivity contribution < 1.29 is 4.92 Å². The summed E-state index contributed by atoms with van der Waals surface area (Å²) in [5.41, 5.74) is 0.204. The second-order valence-electron chi connectivity index (χ2n) is 4.36. The molecule has 0 spiro atoms. The molecule has 0 radical (unpaired) electrons. The highest BCUT2D eigenvalue weighted by atomic mass is 16.6. The molecule has 8 nitrogen and oxygen atoms in total. The summed E-state index contributed by atoms with van der Waals surface area (Å²) < 4.78 is 1.23. The Morgan fingerprint density at radius 2 is 2.10 bits per heavy atom. The van der Waals surface area contributed by atoms with Crippen molar-refractivity contribution in [3.63, 3.8) is 0 Å². The predicted octanol–water partition coefficient (Wildman–Crippen LogP) is 0.505. The summed E-state index contributed by atoms with van der Waals surface area (Å²) in [6.07, 6.45) is 2.73. The summed E-state index contributed by atoms with van der Waals surface area (Å²) in [6, 6.07) is 1.21. The molecule has 0 amide bonds. The van der Waals surface area contributed by atoms with Crippen LogP contribution in [0.15, 0.2) is 28.0 Å². The Morgan fingerprint density at radius 1 is 1.40 bits per heavy atom. The number of aromatic nitrogens is 3. The van der Waals surface area contributed by atoms with Crippen LogP contribution in [0.25, 0.3) is 0 Å². The number of nitro groups is 1. The molecule has 0 fully saturated rings. The minimum Gasteiger partial charge on any atom is -0.295 e. The summed E-state index contributed by atoms with van der Waals surface area (Å²) in [7, 11) is 0. The van der Waals surface area contributed by atoms with E-state index in [1.165, 1.54) is 23.0 Å². The Bertz CT molecular complexity index is 791. The molecule has 0 bridgehead atoms. The van der Waals surface area contributed by atoms with Crippen LogP contribution >= 0.6 is 0 Å². The maximum Gasteiger partial charge on any atom is 0.328 e. The van der Waals surface area contributed by atoms with Crippen molar-refractivity contribution in [2.75, 3.05) is 0 Å². The quantitative estimate of drug-likeness (QED) is 0.648. The minimum absolute atomic E-state index is 0.00697. The Kier molecular flexibility index (Phi) is 3.47. The summed E-state index contributed by atoms with van der Waals surface area (Å²) in [5, 5.41) is 11.0. The molecular formula is C12H12N4O4. The van der Waals surface area contributed by atoms with E-state index in [2.05, 4.69) is 9.97 Å². The second-order valence-corrected chi connectivity index (χ2v) is 4.36. The molecule has 0 aliphatic rings. The number of hydrogen-bond acceptors (Lipinski definition) is 5. The normalized spacial score (nSPS) is 10.5. The molecule has 20 heavy (non-hydrogen) atoms. The topological polar surface area (TPSA) is 111 Å². The van der Waals surface area contributed by atoms with E-state index in [0.29, 0.717) is 16.8 Å². The van der Waals surface area contributed by atoms with E-state index in [4.69, 9.17) is 0 Å². The first-order valence-corrected chi connectivity index (χ1v) is 5.79. The highest BCUT2D eigenvalue weighted by molar-refractivity contribution is 5.47. The van der Waals surface area contributed by atoms with Crippen LogP contribution in [-0.2, 0) is 6.54 Å². The number of rotatable bonds is 3. The Balaban J connectivity index is 2.49. The monoisotopic (exact) mass is 276 g/mol. The van der Waals surface area contributed by atoms with E-state index in [9.17, 15) is 19.7 Å². The first kappa shape index (κ1) is 13.7. The molecule has 2 aromatic heterocycles. The zero-order chi connectivity index (χ0) is 14.9. The molecule has 1 N–H and O–H groups in total. The number of H-pyrrole nitrogens is 1. The molecule has 0 atom stereocenters. The molecule has 0 aliphatic heterocycles. The van der Waals surface area contributed by atoms with Crippen LogP contribution in [0.1, 0.15) is 16.8 Å². The van der Waals surface area contributed by atoms with Gasteiger partial charge in [-0.2, -0.15) is 0 Å². The highest BCUT2D eigenvalue weighted by Gasteiger charge is 2.18. The average molecular weight is 276 g/mol. The van der Waals surface area contributed by atoms with Gasteiger partial charge in [0.15, 0.2) is 0 Å². The predicted molar refractivity (Wildman–Crippen MR) is 70.8 cm³/mol. The van der Waals surface area contributed by atoms with Gasteiger partial charge in [0.05, 0.1) is 22.7 Å². The van der Waals surface area contributed by atoms with Crippen molar-refractivity contribution in [2.24, 2.45) is 0 Å². The highest BCUT2D eigenvalue weighted by Crippen LogP contribution is 2.24. The van der Waals surface area contributed by atoms with Gasteiger partial charge in [-0.05, 0) is 13.8 Å². The number of aryl methyl sites for hydroxylation is 1. The SMILES string of the molecule is Cc1cnc(Cn2ccc(=O)[nH]c2=O)c(C)c1[N+](=O)[O-]. The van der Waals surface area contributed by atoms with E-state index in [0.717, 1.165) is 0 Å². The smallest absolute Gasteiger partial charge is 0.295 e. The lowest BCUT2D eigenvalue weighted by Gasteiger charge is -2.08. The Labute approximate surface area is 112 Å². The molecule has 2 rings (SSSR count). The zero-order valence-electron chi connectivity index (χ0n) is 10.9. The fraction of sp³-hybridized carbons (Fsp3) is 0.250. The van der Waals surface area contributed by atoms with Crippen LogP contribution in [-0.4, -0.2) is 19.5 Å². The molecule has 0 aromatic carbocycles. The summed E-state index contributed by atoms with van der Waals surface area (Å²) in [5.74, 6) is 0. The third-order valence-electron chi connectivity index (χ3n) is 2.98. The molecule has 2 aromatic rings. The number of nitrogens with zero attached hydrogens (tertiary/aromatic N) is 3. The number of nitrogens with one attached hydrogen (secondary N) is 1. The molecule has 0 unspecified atom stereocenters. The largest absolute Gasteiger partial charge is 0.328 e. The third-order valence-corrected chi connectivity index (χ3v) is 2.98. The molecule has 2 heterocycles. The zero-order valence-corrected chi connectivity index (χ0v) is 10.9. The summed E-state index contributed by atoms with van der Waals surface area (Å²) in [4.78, 5) is 39.4. The van der Waals surface area contributed by atoms with E-state index in [-0.39, 0.29) is 12.2 Å². The summed E-state index contributed by atoms with van der Waals surface area (Å²) >= 11 is 0. The molecule has 0 aliphatic carbocycles. The van der Waals surface area contributed by atoms with Crippen LogP contribution in [0, 0.1) is 24.0 Å². The van der Waals surface area contributed by atoms with Gasteiger partial charge in [0.1, 0.15) is 0 Å². The van der Waals surface area contributed by atoms with Gasteiger partial charge in [-0.25, -0.2) is 4.79 Å². The lowest BCUT2D eigenvalue weighted by atomic mass is 10.1. The van der Waals surface area contributed by atoms with E-state index >= 15 is 0 Å². The standard InChI is InChI=1S/C12H12N4O4/c1-7-5-13-9(8(2)11(7)16(19)20)6-15-4-3-10(17)14-12(15)18/h3-5H,6H2,1-2H3,(H,14,17,18). The Hall–Kier alpha value is -2.77. The van der Waals surface area contributed by atoms with Crippen molar-refractivity contribution in [2.45, 2.75) is 20.4 Å². The van der Waals surface area contributed by atoms with Crippen LogP contribution in [0.5, 0.6) is 0 Å². The first-order valence-electron chi connectivity index (χ1n) is 5.79.